The molecule has 0 saturated heterocycles. The van der Waals surface area contributed by atoms with Gasteiger partial charge in [0, 0.05) is 5.56 Å². The highest BCUT2D eigenvalue weighted by molar-refractivity contribution is 7.92. The highest BCUT2D eigenvalue weighted by Crippen LogP contribution is 2.43. The zero-order valence-corrected chi connectivity index (χ0v) is 22.2. The van der Waals surface area contributed by atoms with E-state index in [1.54, 1.807) is 0 Å². The van der Waals surface area contributed by atoms with E-state index in [0.29, 0.717) is 0 Å². The molecule has 3 rings (SSSR count). The minimum absolute atomic E-state index is 0.0892. The van der Waals surface area contributed by atoms with E-state index in [-0.39, 0.29) is 49.1 Å². The molecule has 0 aliphatic heterocycles. The Kier molecular flexibility index (Phi) is 8.63. The molecule has 0 heterocycles. The van der Waals surface area contributed by atoms with Crippen molar-refractivity contribution in [2.45, 2.75) is 23.5 Å². The maximum Gasteiger partial charge on any atom is 0.255 e. The predicted molar refractivity (Wildman–Crippen MR) is 141 cm³/mol. The fraction of sp³-hybridized carbons (Fsp3) is 0.130. The number of aromatic hydroxyl groups is 2. The van der Waals surface area contributed by atoms with Gasteiger partial charge in [0.05, 0.1) is 31.3 Å². The Labute approximate surface area is 226 Å². The number of phenolic OH excluding ortho intramolecular Hbond substituents is 2. The summed E-state index contributed by atoms with van der Waals surface area (Å²) in [6.07, 6.45) is -0.0892. The van der Waals surface area contributed by atoms with Crippen molar-refractivity contribution in [3.8, 4) is 11.5 Å². The molecule has 0 bridgehead atoms. The van der Waals surface area contributed by atoms with E-state index in [0.717, 1.165) is 6.07 Å². The third-order valence-electron chi connectivity index (χ3n) is 5.07. The van der Waals surface area contributed by atoms with Crippen LogP contribution in [-0.2, 0) is 14.6 Å². The maximum atomic E-state index is 13.0. The van der Waals surface area contributed by atoms with Gasteiger partial charge in [-0.2, -0.15) is 0 Å². The first-order valence-corrected chi connectivity index (χ1v) is 13.2. The van der Waals surface area contributed by atoms with Crippen LogP contribution in [-0.4, -0.2) is 35.7 Å². The van der Waals surface area contributed by atoms with Crippen molar-refractivity contribution in [3.63, 3.8) is 0 Å². The molecule has 2 amide bonds. The largest absolute Gasteiger partial charge is 0.508 e. The standard InChI is InChI=1S/C23H18Cl4N2O6S/c1-2-18(36(34,35)13-6-4-12(30)5-7-13)23(33)29-20-16(26)10-17(21(31)19(20)27)28-22(32)11-3-8-14(24)15(25)9-11/h3-10,18,30-31H,2H2,1H3,(H,28,32)(H,29,33). The lowest BCUT2D eigenvalue weighted by Crippen LogP contribution is -2.35. The number of carbonyl (C=O) groups excluding carboxylic acids is 2. The van der Waals surface area contributed by atoms with E-state index < -0.39 is 37.7 Å². The molecular formula is C23H18Cl4N2O6S. The van der Waals surface area contributed by atoms with Crippen LogP contribution in [0.25, 0.3) is 0 Å². The smallest absolute Gasteiger partial charge is 0.255 e. The Morgan fingerprint density at radius 3 is 2.11 bits per heavy atom. The zero-order valence-electron chi connectivity index (χ0n) is 18.4. The number of sulfone groups is 1. The minimum Gasteiger partial charge on any atom is -0.508 e. The van der Waals surface area contributed by atoms with Crippen LogP contribution in [0.1, 0.15) is 23.7 Å². The normalized spacial score (nSPS) is 12.1. The third kappa shape index (κ3) is 5.82. The quantitative estimate of drug-likeness (QED) is 0.243. The van der Waals surface area contributed by atoms with E-state index in [2.05, 4.69) is 10.6 Å². The van der Waals surface area contributed by atoms with E-state index in [1.807, 2.05) is 0 Å². The van der Waals surface area contributed by atoms with Crippen LogP contribution in [0.4, 0.5) is 11.4 Å². The SMILES string of the molecule is CCC(C(=O)Nc1c(Cl)cc(NC(=O)c2ccc(Cl)c(Cl)c2)c(O)c1Cl)S(=O)(=O)c1ccc(O)cc1. The van der Waals surface area contributed by atoms with Crippen LogP contribution in [0.5, 0.6) is 11.5 Å². The molecule has 0 saturated carbocycles. The molecule has 0 radical (unpaired) electrons. The fourth-order valence-electron chi connectivity index (χ4n) is 3.20. The van der Waals surface area contributed by atoms with Crippen molar-refractivity contribution in [1.82, 2.24) is 0 Å². The predicted octanol–water partition coefficient (Wildman–Crippen LogP) is 6.15. The molecule has 3 aromatic carbocycles. The van der Waals surface area contributed by atoms with Gasteiger partial charge < -0.3 is 20.8 Å². The van der Waals surface area contributed by atoms with Crippen LogP contribution < -0.4 is 10.6 Å². The Bertz CT molecular complexity index is 1450. The van der Waals surface area contributed by atoms with Gasteiger partial charge in [0.2, 0.25) is 5.91 Å². The van der Waals surface area contributed by atoms with Gasteiger partial charge in [0.25, 0.3) is 5.91 Å². The summed E-state index contributed by atoms with van der Waals surface area (Å²) in [5.74, 6) is -2.34. The van der Waals surface area contributed by atoms with Gasteiger partial charge in [0.1, 0.15) is 16.0 Å². The number of nitrogens with one attached hydrogen (secondary N) is 2. The number of rotatable bonds is 7. The number of phenols is 2. The van der Waals surface area contributed by atoms with Gasteiger partial charge >= 0.3 is 0 Å². The molecule has 1 unspecified atom stereocenters. The fourth-order valence-corrected chi connectivity index (χ4v) is 5.67. The minimum atomic E-state index is -4.13. The molecule has 4 N–H and O–H groups in total. The van der Waals surface area contributed by atoms with Crippen molar-refractivity contribution in [2.24, 2.45) is 0 Å². The van der Waals surface area contributed by atoms with E-state index in [1.165, 1.54) is 49.4 Å². The number of hydrogen-bond donors (Lipinski definition) is 4. The second kappa shape index (κ2) is 11.1. The Hall–Kier alpha value is -2.69. The van der Waals surface area contributed by atoms with Gasteiger partial charge in [-0.3, -0.25) is 9.59 Å². The Morgan fingerprint density at radius 2 is 1.53 bits per heavy atom. The molecule has 13 heteroatoms. The van der Waals surface area contributed by atoms with Crippen molar-refractivity contribution >= 4 is 79.4 Å². The van der Waals surface area contributed by atoms with Crippen molar-refractivity contribution in [1.29, 1.82) is 0 Å². The summed E-state index contributed by atoms with van der Waals surface area (Å²) in [4.78, 5) is 25.3. The molecule has 0 spiro atoms. The van der Waals surface area contributed by atoms with Crippen LogP contribution >= 0.6 is 46.4 Å². The number of carbonyl (C=O) groups is 2. The first-order valence-electron chi connectivity index (χ1n) is 10.2. The molecule has 190 valence electrons. The summed E-state index contributed by atoms with van der Waals surface area (Å²) in [5, 5.41) is 23.0. The summed E-state index contributed by atoms with van der Waals surface area (Å²) in [5.41, 5.74) is -0.269. The number of amides is 2. The molecule has 8 nitrogen and oxygen atoms in total. The summed E-state index contributed by atoms with van der Waals surface area (Å²) in [7, 11) is -4.13. The first-order chi connectivity index (χ1) is 16.9. The highest BCUT2D eigenvalue weighted by Gasteiger charge is 2.33. The van der Waals surface area contributed by atoms with Crippen LogP contribution in [0.15, 0.2) is 53.4 Å². The summed E-state index contributed by atoms with van der Waals surface area (Å²) in [6.45, 7) is 1.50. The van der Waals surface area contributed by atoms with Crippen molar-refractivity contribution in [3.05, 3.63) is 74.2 Å². The van der Waals surface area contributed by atoms with E-state index in [4.69, 9.17) is 46.4 Å². The molecule has 0 aromatic heterocycles. The Morgan fingerprint density at radius 1 is 0.889 bits per heavy atom. The average Bonchev–Trinajstić information content (AvgIpc) is 2.82. The topological polar surface area (TPSA) is 133 Å². The number of anilines is 2. The van der Waals surface area contributed by atoms with E-state index in [9.17, 15) is 28.2 Å². The lowest BCUT2D eigenvalue weighted by molar-refractivity contribution is -0.115. The van der Waals surface area contributed by atoms with Crippen molar-refractivity contribution < 1.29 is 28.2 Å². The lowest BCUT2D eigenvalue weighted by atomic mass is 10.2. The highest BCUT2D eigenvalue weighted by atomic mass is 35.5. The summed E-state index contributed by atoms with van der Waals surface area (Å²) >= 11 is 24.2. The number of hydrogen-bond acceptors (Lipinski definition) is 6. The van der Waals surface area contributed by atoms with E-state index >= 15 is 0 Å². The van der Waals surface area contributed by atoms with Gasteiger partial charge in [-0.05, 0) is 55.0 Å². The van der Waals surface area contributed by atoms with Gasteiger partial charge in [0.15, 0.2) is 15.6 Å². The lowest BCUT2D eigenvalue weighted by Gasteiger charge is -2.19. The van der Waals surface area contributed by atoms with Gasteiger partial charge in [-0.15, -0.1) is 0 Å². The molecule has 3 aromatic rings. The number of halogens is 4. The van der Waals surface area contributed by atoms with Gasteiger partial charge in [-0.1, -0.05) is 53.3 Å². The monoisotopic (exact) mass is 590 g/mol. The second-order valence-electron chi connectivity index (χ2n) is 7.45. The van der Waals surface area contributed by atoms with Crippen LogP contribution in [0.3, 0.4) is 0 Å². The third-order valence-corrected chi connectivity index (χ3v) is 8.70. The Balaban J connectivity index is 1.87. The molecule has 1 atom stereocenters. The molecule has 36 heavy (non-hydrogen) atoms. The molecule has 0 fully saturated rings. The second-order valence-corrected chi connectivity index (χ2v) is 11.2. The average molecular weight is 592 g/mol. The molecule has 0 aliphatic rings. The van der Waals surface area contributed by atoms with Gasteiger partial charge in [-0.25, -0.2) is 8.42 Å². The van der Waals surface area contributed by atoms with Crippen molar-refractivity contribution in [2.75, 3.05) is 10.6 Å². The summed E-state index contributed by atoms with van der Waals surface area (Å²) < 4.78 is 26.0. The number of benzene rings is 3. The zero-order chi connectivity index (χ0) is 26.8. The molecular weight excluding hydrogens is 574 g/mol. The first kappa shape index (κ1) is 27.9. The van der Waals surface area contributed by atoms with Crippen LogP contribution in [0, 0.1) is 0 Å². The maximum absolute atomic E-state index is 13.0. The van der Waals surface area contributed by atoms with Crippen LogP contribution in [0.2, 0.25) is 20.1 Å². The summed E-state index contributed by atoms with van der Waals surface area (Å²) in [6, 6.07) is 10.0. The molecule has 0 aliphatic carbocycles.